The van der Waals surface area contributed by atoms with Gasteiger partial charge in [-0.25, -0.2) is 0 Å². The van der Waals surface area contributed by atoms with E-state index in [4.69, 9.17) is 15.6 Å². The Morgan fingerprint density at radius 3 is 2.53 bits per heavy atom. The summed E-state index contributed by atoms with van der Waals surface area (Å²) in [5.41, 5.74) is 9.39. The number of hydrogen-bond donors (Lipinski definition) is 2. The molecule has 0 fully saturated rings. The summed E-state index contributed by atoms with van der Waals surface area (Å²) in [5.74, 6) is 0.730. The molecular formula is C16H18N2O. The van der Waals surface area contributed by atoms with Gasteiger partial charge in [0, 0.05) is 28.8 Å². The first-order valence-electron chi connectivity index (χ1n) is 6.42. The van der Waals surface area contributed by atoms with Crippen LogP contribution in [0.3, 0.4) is 0 Å². The van der Waals surface area contributed by atoms with Crippen molar-refractivity contribution in [2.24, 2.45) is 0 Å². The summed E-state index contributed by atoms with van der Waals surface area (Å²) in [7, 11) is 0. The zero-order valence-electron chi connectivity index (χ0n) is 11.4. The van der Waals surface area contributed by atoms with E-state index in [1.54, 1.807) is 12.1 Å². The monoisotopic (exact) mass is 254 g/mol. The first-order valence-corrected chi connectivity index (χ1v) is 6.42. The van der Waals surface area contributed by atoms with E-state index in [0.29, 0.717) is 11.0 Å². The average Bonchev–Trinajstić information content (AvgIpc) is 2.40. The Morgan fingerprint density at radius 1 is 1.05 bits per heavy atom. The molecule has 0 amide bonds. The smallest absolute Gasteiger partial charge is 0.137 e. The summed E-state index contributed by atoms with van der Waals surface area (Å²) in [5, 5.41) is 9.12. The largest absolute Gasteiger partial charge is 0.456 e. The highest BCUT2D eigenvalue weighted by Gasteiger charge is 2.11. The van der Waals surface area contributed by atoms with Crippen LogP contribution >= 0.6 is 0 Å². The van der Waals surface area contributed by atoms with Crippen LogP contribution in [0.2, 0.25) is 0 Å². The molecule has 0 unspecified atom stereocenters. The molecule has 0 saturated carbocycles. The number of anilines is 1. The second kappa shape index (κ2) is 5.14. The fraction of sp³-hybridized carbons (Fsp3) is 0.188. The van der Waals surface area contributed by atoms with E-state index >= 15 is 0 Å². The van der Waals surface area contributed by atoms with Gasteiger partial charge < -0.3 is 15.6 Å². The molecule has 19 heavy (non-hydrogen) atoms. The maximum absolute atomic E-state index is 7.61. The molecule has 0 radical (unpaired) electrons. The first kappa shape index (κ1) is 13.1. The summed E-state index contributed by atoms with van der Waals surface area (Å²) in [6.07, 6.45) is 0. The molecule has 3 N–H and O–H groups in total. The van der Waals surface area contributed by atoms with Gasteiger partial charge in [-0.3, -0.25) is 0 Å². The number of nitrogens with one attached hydrogen (secondary N) is 1. The highest BCUT2D eigenvalue weighted by molar-refractivity contribution is 5.89. The van der Waals surface area contributed by atoms with Gasteiger partial charge in [0.05, 0.1) is 5.36 Å². The minimum absolute atomic E-state index is 0.448. The average molecular weight is 254 g/mol. The number of benzene rings is 2. The van der Waals surface area contributed by atoms with Gasteiger partial charge in [0.25, 0.3) is 0 Å². The van der Waals surface area contributed by atoms with Crippen molar-refractivity contribution >= 4 is 16.7 Å². The molecule has 0 saturated heterocycles. The summed E-state index contributed by atoms with van der Waals surface area (Å²) >= 11 is 0. The zero-order chi connectivity index (χ0) is 14.0. The molecule has 0 atom stereocenters. The number of fused-ring (bicyclic) bond motifs is 2. The third kappa shape index (κ3) is 2.32. The van der Waals surface area contributed by atoms with Crippen LogP contribution in [-0.4, -0.2) is 0 Å². The van der Waals surface area contributed by atoms with Crippen molar-refractivity contribution in [3.8, 4) is 11.3 Å². The molecule has 0 aromatic heterocycles. The van der Waals surface area contributed by atoms with Gasteiger partial charge in [0.2, 0.25) is 0 Å². The second-order valence-electron chi connectivity index (χ2n) is 4.19. The lowest BCUT2D eigenvalue weighted by atomic mass is 10.0. The Kier molecular flexibility index (Phi) is 3.56. The van der Waals surface area contributed by atoms with Gasteiger partial charge in [0.1, 0.15) is 11.3 Å². The van der Waals surface area contributed by atoms with Crippen LogP contribution in [0.5, 0.6) is 0 Å². The highest BCUT2D eigenvalue weighted by atomic mass is 16.3. The molecule has 2 aliphatic rings. The second-order valence-corrected chi connectivity index (χ2v) is 4.19. The van der Waals surface area contributed by atoms with E-state index in [1.807, 2.05) is 38.1 Å². The molecule has 1 aliphatic heterocycles. The van der Waals surface area contributed by atoms with E-state index in [2.05, 4.69) is 6.92 Å². The Morgan fingerprint density at radius 2 is 1.79 bits per heavy atom. The molecular weight excluding hydrogens is 236 g/mol. The van der Waals surface area contributed by atoms with E-state index < -0.39 is 0 Å². The summed E-state index contributed by atoms with van der Waals surface area (Å²) in [6.45, 7) is 6.06. The van der Waals surface area contributed by atoms with Crippen molar-refractivity contribution in [1.29, 1.82) is 5.41 Å². The van der Waals surface area contributed by atoms with Crippen LogP contribution in [0, 0.1) is 12.3 Å². The van der Waals surface area contributed by atoms with Gasteiger partial charge in [0.15, 0.2) is 0 Å². The summed E-state index contributed by atoms with van der Waals surface area (Å²) < 4.78 is 5.79. The van der Waals surface area contributed by atoms with Gasteiger partial charge in [-0.1, -0.05) is 13.8 Å². The summed E-state index contributed by atoms with van der Waals surface area (Å²) in [4.78, 5) is 0. The maximum Gasteiger partial charge on any atom is 0.137 e. The van der Waals surface area contributed by atoms with Crippen LogP contribution in [0.1, 0.15) is 19.4 Å². The quantitative estimate of drug-likeness (QED) is 0.471. The molecule has 3 rings (SSSR count). The lowest BCUT2D eigenvalue weighted by molar-refractivity contribution is 0.617. The molecule has 1 aliphatic carbocycles. The molecule has 0 bridgehead atoms. The topological polar surface area (TPSA) is 63.0 Å². The normalized spacial score (nSPS) is 10.3. The fourth-order valence-corrected chi connectivity index (χ4v) is 2.11. The third-order valence-corrected chi connectivity index (χ3v) is 3.02. The maximum atomic E-state index is 7.61. The van der Waals surface area contributed by atoms with Crippen LogP contribution < -0.4 is 11.1 Å². The SMILES string of the molecule is CC.Cc1c2ccc(=N)cc-2oc2cc(N)ccc12. The van der Waals surface area contributed by atoms with Crippen LogP contribution in [0.15, 0.2) is 40.8 Å². The van der Waals surface area contributed by atoms with Gasteiger partial charge in [-0.2, -0.15) is 0 Å². The molecule has 1 aromatic rings. The molecule has 98 valence electrons. The minimum Gasteiger partial charge on any atom is -0.456 e. The van der Waals surface area contributed by atoms with Crippen LogP contribution in [-0.2, 0) is 0 Å². The predicted octanol–water partition coefficient (Wildman–Crippen LogP) is 3.93. The van der Waals surface area contributed by atoms with Crippen molar-refractivity contribution in [2.45, 2.75) is 20.8 Å². The Labute approximate surface area is 112 Å². The van der Waals surface area contributed by atoms with Crippen LogP contribution in [0.25, 0.3) is 22.3 Å². The van der Waals surface area contributed by atoms with Crippen molar-refractivity contribution < 1.29 is 4.42 Å². The van der Waals surface area contributed by atoms with Crippen molar-refractivity contribution in [1.82, 2.24) is 0 Å². The number of nitrogens with two attached hydrogens (primary N) is 1. The van der Waals surface area contributed by atoms with Crippen molar-refractivity contribution in [2.75, 3.05) is 5.73 Å². The van der Waals surface area contributed by atoms with Crippen molar-refractivity contribution in [3.05, 3.63) is 47.3 Å². The fourth-order valence-electron chi connectivity index (χ4n) is 2.11. The molecule has 1 aromatic carbocycles. The lowest BCUT2D eigenvalue weighted by Crippen LogP contribution is -1.99. The zero-order valence-corrected chi connectivity index (χ0v) is 11.4. The Hall–Kier alpha value is -2.29. The predicted molar refractivity (Wildman–Crippen MR) is 79.2 cm³/mol. The number of aryl methyl sites for hydroxylation is 1. The standard InChI is InChI=1S/C14H12N2O.C2H6/c1-8-11-4-2-9(15)6-13(11)17-14-7-10(16)3-5-12(8)14;1-2/h2-7,15H,16H2,1H3;1-2H3. The number of rotatable bonds is 0. The van der Waals surface area contributed by atoms with E-state index in [9.17, 15) is 0 Å². The molecule has 1 heterocycles. The van der Waals surface area contributed by atoms with Crippen molar-refractivity contribution in [3.63, 3.8) is 0 Å². The minimum atomic E-state index is 0.448. The summed E-state index contributed by atoms with van der Waals surface area (Å²) in [6, 6.07) is 11.1. The third-order valence-electron chi connectivity index (χ3n) is 3.02. The van der Waals surface area contributed by atoms with E-state index in [1.165, 1.54) is 0 Å². The first-order chi connectivity index (χ1) is 9.15. The van der Waals surface area contributed by atoms with Gasteiger partial charge >= 0.3 is 0 Å². The van der Waals surface area contributed by atoms with E-state index in [0.717, 1.165) is 27.9 Å². The molecule has 0 spiro atoms. The van der Waals surface area contributed by atoms with E-state index in [-0.39, 0.29) is 0 Å². The Balaban J connectivity index is 0.000000637. The lowest BCUT2D eigenvalue weighted by Gasteiger charge is -2.11. The van der Waals surface area contributed by atoms with Gasteiger partial charge in [-0.15, -0.1) is 0 Å². The Bertz CT molecular complexity index is 744. The number of hydrogen-bond acceptors (Lipinski definition) is 3. The molecule has 3 nitrogen and oxygen atoms in total. The number of nitrogen functional groups attached to an aromatic ring is 1. The molecule has 3 heteroatoms. The van der Waals surface area contributed by atoms with Gasteiger partial charge in [-0.05, 0) is 36.8 Å². The highest BCUT2D eigenvalue weighted by Crippen LogP contribution is 2.32. The van der Waals surface area contributed by atoms with Crippen LogP contribution in [0.4, 0.5) is 5.69 Å².